The van der Waals surface area contributed by atoms with Gasteiger partial charge in [0.1, 0.15) is 11.2 Å². The summed E-state index contributed by atoms with van der Waals surface area (Å²) in [7, 11) is 0. The van der Waals surface area contributed by atoms with Gasteiger partial charge in [-0.3, -0.25) is 0 Å². The Labute approximate surface area is 282 Å². The maximum absolute atomic E-state index is 6.41. The summed E-state index contributed by atoms with van der Waals surface area (Å²) >= 11 is 0. The largest absolute Gasteiger partial charge is 0.456 e. The minimum Gasteiger partial charge on any atom is -0.456 e. The average Bonchev–Trinajstić information content (AvgIpc) is 3.53. The van der Waals surface area contributed by atoms with E-state index in [2.05, 4.69) is 91.0 Å². The normalized spacial score (nSPS) is 11.7. The molecule has 2 heterocycles. The van der Waals surface area contributed by atoms with Crippen LogP contribution in [0.25, 0.3) is 99.5 Å². The first kappa shape index (κ1) is 27.5. The Kier molecular flexibility index (Phi) is 6.15. The SMILES string of the molecule is c1ccc(-c2nc(-c3ccccc3)nc(-c3ccc4oc5cc6ccc(-c7cc8ccccc8c8ccccc78)cc6cc5c4c3)n2)cc1. The number of aromatic nitrogens is 3. The topological polar surface area (TPSA) is 51.8 Å². The minimum atomic E-state index is 0.621. The van der Waals surface area contributed by atoms with Crippen LogP contribution in [0, 0.1) is 0 Å². The van der Waals surface area contributed by atoms with Gasteiger partial charge >= 0.3 is 0 Å². The van der Waals surface area contributed by atoms with Gasteiger partial charge < -0.3 is 4.42 Å². The standard InChI is InChI=1S/C45H27N3O/c1-3-11-28(12-4-1)43-46-44(29-13-5-2-6-14-29)48-45(47-43)33-21-22-41-39(25-33)40-26-34-23-32(20-19-30(34)27-42(40)49-41)38-24-31-15-7-8-16-35(31)36-17-9-10-18-37(36)38/h1-27H. The first-order valence-electron chi connectivity index (χ1n) is 16.4. The van der Waals surface area contributed by atoms with E-state index < -0.39 is 0 Å². The zero-order valence-corrected chi connectivity index (χ0v) is 26.3. The van der Waals surface area contributed by atoms with Crippen LogP contribution in [0.15, 0.2) is 168 Å². The average molecular weight is 626 g/mol. The molecule has 0 unspecified atom stereocenters. The molecule has 0 N–H and O–H groups in total. The summed E-state index contributed by atoms with van der Waals surface area (Å²) in [5.74, 6) is 1.90. The van der Waals surface area contributed by atoms with E-state index in [1.54, 1.807) is 0 Å². The second-order valence-corrected chi connectivity index (χ2v) is 12.5. The van der Waals surface area contributed by atoms with Crippen molar-refractivity contribution in [1.29, 1.82) is 0 Å². The van der Waals surface area contributed by atoms with Gasteiger partial charge in [-0.25, -0.2) is 15.0 Å². The molecule has 0 amide bonds. The van der Waals surface area contributed by atoms with E-state index in [1.807, 2.05) is 72.8 Å². The van der Waals surface area contributed by atoms with Gasteiger partial charge in [-0.15, -0.1) is 0 Å². The third-order valence-electron chi connectivity index (χ3n) is 9.46. The third kappa shape index (κ3) is 4.65. The molecular formula is C45H27N3O. The number of furan rings is 1. The molecule has 2 aromatic heterocycles. The lowest BCUT2D eigenvalue weighted by molar-refractivity contribution is 0.669. The number of hydrogen-bond donors (Lipinski definition) is 0. The van der Waals surface area contributed by atoms with Crippen LogP contribution in [0.3, 0.4) is 0 Å². The Morgan fingerprint density at radius 2 is 0.898 bits per heavy atom. The van der Waals surface area contributed by atoms with Gasteiger partial charge in [-0.05, 0) is 85.9 Å². The molecule has 0 fully saturated rings. The van der Waals surface area contributed by atoms with Crippen LogP contribution >= 0.6 is 0 Å². The number of benzene rings is 8. The maximum Gasteiger partial charge on any atom is 0.164 e. The molecule has 228 valence electrons. The lowest BCUT2D eigenvalue weighted by Crippen LogP contribution is -2.00. The van der Waals surface area contributed by atoms with Crippen molar-refractivity contribution in [2.45, 2.75) is 0 Å². The molecule has 0 spiro atoms. The van der Waals surface area contributed by atoms with Crippen molar-refractivity contribution in [3.63, 3.8) is 0 Å². The highest BCUT2D eigenvalue weighted by molar-refractivity contribution is 6.15. The number of hydrogen-bond acceptors (Lipinski definition) is 4. The van der Waals surface area contributed by atoms with Crippen LogP contribution in [0.1, 0.15) is 0 Å². The van der Waals surface area contributed by atoms with Crippen LogP contribution in [0.2, 0.25) is 0 Å². The van der Waals surface area contributed by atoms with Crippen LogP contribution in [-0.2, 0) is 0 Å². The molecule has 4 nitrogen and oxygen atoms in total. The monoisotopic (exact) mass is 625 g/mol. The van der Waals surface area contributed by atoms with Crippen LogP contribution < -0.4 is 0 Å². The fourth-order valence-electron chi connectivity index (χ4n) is 7.06. The first-order valence-corrected chi connectivity index (χ1v) is 16.4. The molecule has 0 radical (unpaired) electrons. The highest BCUT2D eigenvalue weighted by Crippen LogP contribution is 2.39. The van der Waals surface area contributed by atoms with E-state index in [0.717, 1.165) is 49.4 Å². The zero-order valence-electron chi connectivity index (χ0n) is 26.3. The summed E-state index contributed by atoms with van der Waals surface area (Å²) < 4.78 is 6.41. The Hall–Kier alpha value is -6.65. The quantitative estimate of drug-likeness (QED) is 0.183. The van der Waals surface area contributed by atoms with Gasteiger partial charge in [0.15, 0.2) is 17.5 Å². The van der Waals surface area contributed by atoms with E-state index in [4.69, 9.17) is 19.4 Å². The molecule has 4 heteroatoms. The summed E-state index contributed by atoms with van der Waals surface area (Å²) in [6, 6.07) is 57.1. The van der Waals surface area contributed by atoms with Crippen molar-refractivity contribution in [2.75, 3.05) is 0 Å². The van der Waals surface area contributed by atoms with Crippen molar-refractivity contribution in [1.82, 2.24) is 15.0 Å². The summed E-state index contributed by atoms with van der Waals surface area (Å²) in [6.07, 6.45) is 0. The van der Waals surface area contributed by atoms with Gasteiger partial charge in [0.05, 0.1) is 0 Å². The summed E-state index contributed by atoms with van der Waals surface area (Å²) in [5, 5.41) is 9.42. The van der Waals surface area contributed by atoms with E-state index >= 15 is 0 Å². The molecule has 0 aliphatic rings. The second-order valence-electron chi connectivity index (χ2n) is 12.5. The Morgan fingerprint density at radius 1 is 0.306 bits per heavy atom. The summed E-state index contributed by atoms with van der Waals surface area (Å²) in [5.41, 5.74) is 6.90. The maximum atomic E-state index is 6.41. The molecule has 0 aliphatic heterocycles. The van der Waals surface area contributed by atoms with Crippen molar-refractivity contribution >= 4 is 54.3 Å². The highest BCUT2D eigenvalue weighted by Gasteiger charge is 2.16. The van der Waals surface area contributed by atoms with Crippen LogP contribution in [-0.4, -0.2) is 15.0 Å². The smallest absolute Gasteiger partial charge is 0.164 e. The summed E-state index contributed by atoms with van der Waals surface area (Å²) in [4.78, 5) is 14.8. The predicted molar refractivity (Wildman–Crippen MR) is 201 cm³/mol. The molecule has 0 atom stereocenters. The lowest BCUT2D eigenvalue weighted by atomic mass is 9.92. The molecule has 0 bridgehead atoms. The van der Waals surface area contributed by atoms with Gasteiger partial charge in [0.2, 0.25) is 0 Å². The van der Waals surface area contributed by atoms with E-state index in [1.165, 1.54) is 32.7 Å². The Bertz CT molecular complexity index is 2820. The Morgan fingerprint density at radius 3 is 1.63 bits per heavy atom. The van der Waals surface area contributed by atoms with Crippen molar-refractivity contribution in [3.05, 3.63) is 164 Å². The van der Waals surface area contributed by atoms with Gasteiger partial charge in [-0.1, -0.05) is 121 Å². The van der Waals surface area contributed by atoms with Crippen LogP contribution in [0.5, 0.6) is 0 Å². The minimum absolute atomic E-state index is 0.621. The molecule has 49 heavy (non-hydrogen) atoms. The molecule has 0 saturated heterocycles. The summed E-state index contributed by atoms with van der Waals surface area (Å²) in [6.45, 7) is 0. The lowest BCUT2D eigenvalue weighted by Gasteiger charge is -2.12. The van der Waals surface area contributed by atoms with Gasteiger partial charge in [0, 0.05) is 27.5 Å². The second kappa shape index (κ2) is 11.0. The molecule has 8 aromatic carbocycles. The Balaban J connectivity index is 1.14. The number of fused-ring (bicyclic) bond motifs is 7. The van der Waals surface area contributed by atoms with E-state index in [-0.39, 0.29) is 0 Å². The molecule has 0 aliphatic carbocycles. The zero-order chi connectivity index (χ0) is 32.3. The fraction of sp³-hybridized carbons (Fsp3) is 0. The molecule has 10 rings (SSSR count). The van der Waals surface area contributed by atoms with E-state index in [0.29, 0.717) is 17.5 Å². The number of nitrogens with zero attached hydrogens (tertiary/aromatic N) is 3. The predicted octanol–water partition coefficient (Wildman–Crippen LogP) is 11.9. The van der Waals surface area contributed by atoms with Crippen molar-refractivity contribution < 1.29 is 4.42 Å². The first-order chi connectivity index (χ1) is 24.2. The van der Waals surface area contributed by atoms with Gasteiger partial charge in [0.25, 0.3) is 0 Å². The van der Waals surface area contributed by atoms with Crippen molar-refractivity contribution in [2.24, 2.45) is 0 Å². The number of rotatable bonds is 4. The van der Waals surface area contributed by atoms with E-state index in [9.17, 15) is 0 Å². The van der Waals surface area contributed by atoms with Crippen LogP contribution in [0.4, 0.5) is 0 Å². The fourth-order valence-corrected chi connectivity index (χ4v) is 7.06. The highest BCUT2D eigenvalue weighted by atomic mass is 16.3. The molecule has 10 aromatic rings. The third-order valence-corrected chi connectivity index (χ3v) is 9.46. The van der Waals surface area contributed by atoms with Gasteiger partial charge in [-0.2, -0.15) is 0 Å². The van der Waals surface area contributed by atoms with Crippen molar-refractivity contribution in [3.8, 4) is 45.3 Å². The molecule has 0 saturated carbocycles. The molecular weight excluding hydrogens is 599 g/mol.